The average Bonchev–Trinajstić information content (AvgIpc) is 2.39. The molecule has 0 radical (unpaired) electrons. The summed E-state index contributed by atoms with van der Waals surface area (Å²) in [6, 6.07) is 15.3. The van der Waals surface area contributed by atoms with Crippen molar-refractivity contribution in [3.8, 4) is 0 Å². The molecule has 0 saturated carbocycles. The monoisotopic (exact) mass is 295 g/mol. The molecule has 1 nitrogen and oxygen atoms in total. The van der Waals surface area contributed by atoms with Crippen LogP contribution < -0.4 is 0 Å². The Balaban J connectivity index is 2.00. The summed E-state index contributed by atoms with van der Waals surface area (Å²) in [5.41, 5.74) is 4.59. The maximum atomic E-state index is 4.46. The molecule has 1 heteroatoms. The fraction of sp³-hybridized carbons (Fsp3) is 0.476. The van der Waals surface area contributed by atoms with E-state index >= 15 is 0 Å². The minimum Gasteiger partial charge on any atom is -0.261 e. The molecule has 0 N–H and O–H groups in total. The van der Waals surface area contributed by atoms with Gasteiger partial charge in [-0.1, -0.05) is 65.0 Å². The number of nitrogens with zero attached hydrogens (tertiary/aromatic N) is 1. The summed E-state index contributed by atoms with van der Waals surface area (Å²) in [6.45, 7) is 11.5. The van der Waals surface area contributed by atoms with Gasteiger partial charge in [0, 0.05) is 11.9 Å². The smallest absolute Gasteiger partial charge is 0.0409 e. The molecule has 0 unspecified atom stereocenters. The van der Waals surface area contributed by atoms with Crippen LogP contribution in [0, 0.1) is 10.8 Å². The molecule has 0 saturated heterocycles. The zero-order valence-electron chi connectivity index (χ0n) is 14.7. The molecule has 0 amide bonds. The van der Waals surface area contributed by atoms with E-state index in [2.05, 4.69) is 76.0 Å². The van der Waals surface area contributed by atoms with Crippen molar-refractivity contribution in [2.75, 3.05) is 0 Å². The van der Waals surface area contributed by atoms with Gasteiger partial charge in [-0.2, -0.15) is 0 Å². The van der Waals surface area contributed by atoms with Crippen LogP contribution in [0.2, 0.25) is 0 Å². The molecule has 2 rings (SSSR count). The molecule has 1 heterocycles. The first-order valence-electron chi connectivity index (χ1n) is 8.21. The van der Waals surface area contributed by atoms with Gasteiger partial charge in [0.05, 0.1) is 0 Å². The zero-order valence-corrected chi connectivity index (χ0v) is 14.7. The second-order valence-electron chi connectivity index (χ2n) is 8.39. The van der Waals surface area contributed by atoms with Crippen LogP contribution >= 0.6 is 0 Å². The van der Waals surface area contributed by atoms with Gasteiger partial charge in [0.2, 0.25) is 0 Å². The van der Waals surface area contributed by atoms with E-state index in [4.69, 9.17) is 0 Å². The van der Waals surface area contributed by atoms with Crippen LogP contribution in [0.5, 0.6) is 0 Å². The highest BCUT2D eigenvalue weighted by molar-refractivity contribution is 5.24. The molecule has 0 aliphatic carbocycles. The Morgan fingerprint density at radius 2 is 1.32 bits per heavy atom. The molecule has 2 aromatic rings. The molecule has 1 aromatic heterocycles. The fourth-order valence-corrected chi connectivity index (χ4v) is 3.00. The maximum Gasteiger partial charge on any atom is 0.0409 e. The van der Waals surface area contributed by atoms with Crippen molar-refractivity contribution in [1.82, 2.24) is 4.98 Å². The summed E-state index contributed by atoms with van der Waals surface area (Å²) in [4.78, 5) is 4.46. The highest BCUT2D eigenvalue weighted by Crippen LogP contribution is 2.27. The Bertz CT molecular complexity index is 574. The molecule has 22 heavy (non-hydrogen) atoms. The second kappa shape index (κ2) is 6.64. The Morgan fingerprint density at radius 3 is 1.82 bits per heavy atom. The lowest BCUT2D eigenvalue weighted by atomic mass is 9.81. The maximum absolute atomic E-state index is 4.46. The van der Waals surface area contributed by atoms with Gasteiger partial charge in [-0.15, -0.1) is 0 Å². The molecular formula is C21H29N. The minimum absolute atomic E-state index is 0.222. The third-order valence-electron chi connectivity index (χ3n) is 3.83. The lowest BCUT2D eigenvalue weighted by Crippen LogP contribution is -2.19. The van der Waals surface area contributed by atoms with Crippen molar-refractivity contribution in [2.24, 2.45) is 10.8 Å². The topological polar surface area (TPSA) is 12.9 Å². The van der Waals surface area contributed by atoms with Crippen molar-refractivity contribution in [1.29, 1.82) is 0 Å². The van der Waals surface area contributed by atoms with Crippen LogP contribution in [-0.2, 0) is 19.3 Å². The first-order valence-corrected chi connectivity index (χ1v) is 8.21. The van der Waals surface area contributed by atoms with Crippen molar-refractivity contribution in [3.05, 3.63) is 65.5 Å². The third-order valence-corrected chi connectivity index (χ3v) is 3.83. The fourth-order valence-electron chi connectivity index (χ4n) is 3.00. The van der Waals surface area contributed by atoms with Crippen LogP contribution in [0.25, 0.3) is 0 Å². The molecule has 0 atom stereocenters. The number of aromatic nitrogens is 1. The number of hydrogen-bond donors (Lipinski definition) is 0. The first kappa shape index (κ1) is 16.7. The Labute approximate surface area is 135 Å². The van der Waals surface area contributed by atoms with E-state index in [9.17, 15) is 0 Å². The lowest BCUT2D eigenvalue weighted by Gasteiger charge is -2.25. The van der Waals surface area contributed by atoms with E-state index in [0.29, 0.717) is 5.41 Å². The van der Waals surface area contributed by atoms with Crippen molar-refractivity contribution in [3.63, 3.8) is 0 Å². The van der Waals surface area contributed by atoms with Gasteiger partial charge in [0.15, 0.2) is 0 Å². The van der Waals surface area contributed by atoms with Crippen LogP contribution in [0.1, 0.15) is 51.4 Å². The second-order valence-corrected chi connectivity index (χ2v) is 8.39. The summed E-state index contributed by atoms with van der Waals surface area (Å²) in [5, 5.41) is 0. The lowest BCUT2D eigenvalue weighted by molar-refractivity contribution is 0.357. The third kappa shape index (κ3) is 5.63. The van der Waals surface area contributed by atoms with Gasteiger partial charge in [-0.3, -0.25) is 4.98 Å². The predicted molar refractivity (Wildman–Crippen MR) is 95.0 cm³/mol. The van der Waals surface area contributed by atoms with E-state index < -0.39 is 0 Å². The van der Waals surface area contributed by atoms with Gasteiger partial charge >= 0.3 is 0 Å². The Morgan fingerprint density at radius 1 is 0.727 bits per heavy atom. The summed E-state index contributed by atoms with van der Waals surface area (Å²) in [5.74, 6) is 0. The summed E-state index contributed by atoms with van der Waals surface area (Å²) in [7, 11) is 0. The summed E-state index contributed by atoms with van der Waals surface area (Å²) < 4.78 is 0. The normalized spacial score (nSPS) is 12.4. The van der Waals surface area contributed by atoms with Crippen LogP contribution in [0.15, 0.2) is 48.7 Å². The van der Waals surface area contributed by atoms with E-state index in [1.807, 2.05) is 12.3 Å². The molecule has 0 aliphatic heterocycles. The van der Waals surface area contributed by atoms with Crippen LogP contribution in [0.4, 0.5) is 0 Å². The molecule has 0 bridgehead atoms. The zero-order chi connectivity index (χ0) is 16.2. The molecule has 0 fully saturated rings. The first-order chi connectivity index (χ1) is 10.2. The van der Waals surface area contributed by atoms with Crippen molar-refractivity contribution >= 4 is 0 Å². The number of pyridine rings is 1. The van der Waals surface area contributed by atoms with Crippen LogP contribution in [0.3, 0.4) is 0 Å². The van der Waals surface area contributed by atoms with Gasteiger partial charge in [-0.05, 0) is 53.4 Å². The van der Waals surface area contributed by atoms with Crippen molar-refractivity contribution < 1.29 is 0 Å². The van der Waals surface area contributed by atoms with Gasteiger partial charge < -0.3 is 0 Å². The molecule has 0 aliphatic rings. The Kier molecular flexibility index (Phi) is 5.05. The summed E-state index contributed by atoms with van der Waals surface area (Å²) >= 11 is 0. The Hall–Kier alpha value is -1.63. The SMILES string of the molecule is CC(C)(C)Cc1ccc(CC(C)(C)Cc2ccccn2)cc1. The number of benzene rings is 1. The number of hydrogen-bond acceptors (Lipinski definition) is 1. The standard InChI is InChI=1S/C21H29N/c1-20(2,3)14-17-9-11-18(12-10-17)15-21(4,5)16-19-8-6-7-13-22-19/h6-13H,14-16H2,1-5H3. The molecule has 118 valence electrons. The van der Waals surface area contributed by atoms with E-state index in [-0.39, 0.29) is 5.41 Å². The molecule has 1 aromatic carbocycles. The van der Waals surface area contributed by atoms with Gasteiger partial charge in [-0.25, -0.2) is 0 Å². The predicted octanol–water partition coefficient (Wildman–Crippen LogP) is 5.48. The van der Waals surface area contributed by atoms with Gasteiger partial charge in [0.1, 0.15) is 0 Å². The van der Waals surface area contributed by atoms with E-state index in [1.54, 1.807) is 0 Å². The van der Waals surface area contributed by atoms with Gasteiger partial charge in [0.25, 0.3) is 0 Å². The van der Waals surface area contributed by atoms with E-state index in [0.717, 1.165) is 19.3 Å². The van der Waals surface area contributed by atoms with Crippen molar-refractivity contribution in [2.45, 2.75) is 53.9 Å². The quantitative estimate of drug-likeness (QED) is 0.711. The highest BCUT2D eigenvalue weighted by atomic mass is 14.7. The molecular weight excluding hydrogens is 266 g/mol. The van der Waals surface area contributed by atoms with Crippen LogP contribution in [-0.4, -0.2) is 4.98 Å². The highest BCUT2D eigenvalue weighted by Gasteiger charge is 2.20. The number of rotatable bonds is 5. The largest absolute Gasteiger partial charge is 0.261 e. The molecule has 0 spiro atoms. The van der Waals surface area contributed by atoms with E-state index in [1.165, 1.54) is 16.8 Å². The average molecular weight is 295 g/mol. The minimum atomic E-state index is 0.222. The summed E-state index contributed by atoms with van der Waals surface area (Å²) in [6.07, 6.45) is 5.11.